The highest BCUT2D eigenvalue weighted by Gasteiger charge is 2.32. The minimum atomic E-state index is 0.0741. The summed E-state index contributed by atoms with van der Waals surface area (Å²) in [6, 6.07) is 16.0. The Morgan fingerprint density at radius 1 is 1.04 bits per heavy atom. The largest absolute Gasteiger partial charge is 0.497 e. The smallest absolute Gasteiger partial charge is 0.326 e. The Kier molecular flexibility index (Phi) is 4.04. The number of para-hydroxylation sites is 1. The maximum atomic E-state index is 13.2. The van der Waals surface area contributed by atoms with Gasteiger partial charge < -0.3 is 14.2 Å². The molecule has 0 bridgehead atoms. The molecule has 0 saturated carbocycles. The number of hydrogen-bond acceptors (Lipinski definition) is 3. The van der Waals surface area contributed by atoms with Gasteiger partial charge in [-0.25, -0.2) is 9.78 Å². The molecule has 0 atom stereocenters. The standard InChI is InChI=1S/C22H22N4O2/c1-28-17-10-8-16(9-11-17)21-23-14-20-18-6-2-3-7-19(18)26(15-25(20)21)22(27)24-12-4-5-13-24/h2-3,6-11,14H,4-5,12-13,15H2,1H3. The second-order valence-corrected chi connectivity index (χ2v) is 7.19. The number of rotatable bonds is 2. The first kappa shape index (κ1) is 16.9. The minimum Gasteiger partial charge on any atom is -0.497 e. The molecular weight excluding hydrogens is 352 g/mol. The first-order chi connectivity index (χ1) is 13.8. The Bertz CT molecular complexity index is 1020. The van der Waals surface area contributed by atoms with Crippen LogP contribution in [0.15, 0.2) is 54.7 Å². The zero-order chi connectivity index (χ0) is 19.1. The number of amides is 2. The number of likely N-dealkylation sites (tertiary alicyclic amines) is 1. The summed E-state index contributed by atoms with van der Waals surface area (Å²) in [4.78, 5) is 21.7. The van der Waals surface area contributed by atoms with Crippen molar-refractivity contribution in [2.45, 2.75) is 19.5 Å². The van der Waals surface area contributed by atoms with Gasteiger partial charge in [0.15, 0.2) is 0 Å². The van der Waals surface area contributed by atoms with Gasteiger partial charge in [-0.3, -0.25) is 4.90 Å². The van der Waals surface area contributed by atoms with Crippen LogP contribution in [0.3, 0.4) is 0 Å². The molecule has 1 aromatic heterocycles. The number of nitrogens with zero attached hydrogens (tertiary/aromatic N) is 4. The lowest BCUT2D eigenvalue weighted by molar-refractivity contribution is 0.213. The van der Waals surface area contributed by atoms with E-state index in [1.807, 2.05) is 58.5 Å². The van der Waals surface area contributed by atoms with E-state index in [0.29, 0.717) is 6.67 Å². The van der Waals surface area contributed by atoms with Gasteiger partial charge in [-0.05, 0) is 43.2 Å². The van der Waals surface area contributed by atoms with Crippen molar-refractivity contribution in [2.75, 3.05) is 25.1 Å². The maximum Gasteiger partial charge on any atom is 0.326 e. The fourth-order valence-electron chi connectivity index (χ4n) is 4.09. The van der Waals surface area contributed by atoms with E-state index in [4.69, 9.17) is 4.74 Å². The molecule has 0 N–H and O–H groups in total. The highest BCUT2D eigenvalue weighted by molar-refractivity contribution is 5.97. The highest BCUT2D eigenvalue weighted by Crippen LogP contribution is 2.39. The fourth-order valence-corrected chi connectivity index (χ4v) is 4.09. The van der Waals surface area contributed by atoms with Crippen LogP contribution >= 0.6 is 0 Å². The van der Waals surface area contributed by atoms with Gasteiger partial charge in [0.1, 0.15) is 18.2 Å². The third kappa shape index (κ3) is 2.64. The molecule has 2 aliphatic rings. The molecule has 0 unspecified atom stereocenters. The van der Waals surface area contributed by atoms with E-state index in [2.05, 4.69) is 15.6 Å². The quantitative estimate of drug-likeness (QED) is 0.675. The molecule has 6 nitrogen and oxygen atoms in total. The molecule has 5 rings (SSSR count). The van der Waals surface area contributed by atoms with Gasteiger partial charge in [0.05, 0.1) is 24.7 Å². The number of urea groups is 1. The number of ether oxygens (including phenoxy) is 1. The Balaban J connectivity index is 1.58. The van der Waals surface area contributed by atoms with E-state index in [0.717, 1.165) is 60.0 Å². The second-order valence-electron chi connectivity index (χ2n) is 7.19. The van der Waals surface area contributed by atoms with Crippen LogP contribution in [-0.2, 0) is 6.67 Å². The Hall–Kier alpha value is -3.28. The lowest BCUT2D eigenvalue weighted by atomic mass is 10.1. The van der Waals surface area contributed by atoms with Gasteiger partial charge in [-0.15, -0.1) is 0 Å². The number of carbonyl (C=O) groups excluding carboxylic acids is 1. The topological polar surface area (TPSA) is 50.6 Å². The van der Waals surface area contributed by atoms with E-state index in [1.54, 1.807) is 7.11 Å². The molecule has 3 heterocycles. The van der Waals surface area contributed by atoms with E-state index in [9.17, 15) is 4.79 Å². The SMILES string of the molecule is COc1ccc(-c2ncc3n2CN(C(=O)N2CCCC2)c2ccccc2-3)cc1. The van der Waals surface area contributed by atoms with Crippen LogP contribution in [0.2, 0.25) is 0 Å². The van der Waals surface area contributed by atoms with E-state index >= 15 is 0 Å². The number of fused-ring (bicyclic) bond motifs is 3. The van der Waals surface area contributed by atoms with E-state index in [-0.39, 0.29) is 6.03 Å². The number of methoxy groups -OCH3 is 1. The molecule has 2 amide bonds. The average molecular weight is 374 g/mol. The zero-order valence-corrected chi connectivity index (χ0v) is 15.8. The number of benzene rings is 2. The van der Waals surface area contributed by atoms with Gasteiger partial charge in [-0.1, -0.05) is 18.2 Å². The maximum absolute atomic E-state index is 13.2. The summed E-state index contributed by atoms with van der Waals surface area (Å²) >= 11 is 0. The van der Waals surface area contributed by atoms with Crippen LogP contribution in [0.25, 0.3) is 22.6 Å². The van der Waals surface area contributed by atoms with Crippen LogP contribution in [0, 0.1) is 0 Å². The summed E-state index contributed by atoms with van der Waals surface area (Å²) in [5, 5.41) is 0. The third-order valence-electron chi connectivity index (χ3n) is 5.56. The van der Waals surface area contributed by atoms with Crippen molar-refractivity contribution >= 4 is 11.7 Å². The number of hydrogen-bond donors (Lipinski definition) is 0. The van der Waals surface area contributed by atoms with Crippen LogP contribution in [-0.4, -0.2) is 40.7 Å². The van der Waals surface area contributed by atoms with Crippen molar-refractivity contribution in [2.24, 2.45) is 0 Å². The van der Waals surface area contributed by atoms with E-state index < -0.39 is 0 Å². The minimum absolute atomic E-state index is 0.0741. The molecule has 0 spiro atoms. The highest BCUT2D eigenvalue weighted by atomic mass is 16.5. The van der Waals surface area contributed by atoms with Crippen LogP contribution in [0.4, 0.5) is 10.5 Å². The summed E-state index contributed by atoms with van der Waals surface area (Å²) in [7, 11) is 1.66. The zero-order valence-electron chi connectivity index (χ0n) is 15.8. The first-order valence-corrected chi connectivity index (χ1v) is 9.62. The van der Waals surface area contributed by atoms with Gasteiger partial charge in [0.2, 0.25) is 0 Å². The summed E-state index contributed by atoms with van der Waals surface area (Å²) in [6.07, 6.45) is 4.05. The molecule has 2 aliphatic heterocycles. The number of aromatic nitrogens is 2. The van der Waals surface area contributed by atoms with Gasteiger partial charge >= 0.3 is 6.03 Å². The Morgan fingerprint density at radius 3 is 2.54 bits per heavy atom. The van der Waals surface area contributed by atoms with Crippen molar-refractivity contribution in [1.82, 2.24) is 14.5 Å². The first-order valence-electron chi connectivity index (χ1n) is 9.62. The molecular formula is C22H22N4O2. The van der Waals surface area contributed by atoms with Crippen molar-refractivity contribution < 1.29 is 9.53 Å². The van der Waals surface area contributed by atoms with Crippen molar-refractivity contribution in [1.29, 1.82) is 0 Å². The molecule has 0 aliphatic carbocycles. The van der Waals surface area contributed by atoms with Crippen molar-refractivity contribution in [3.8, 4) is 28.4 Å². The number of carbonyl (C=O) groups is 1. The van der Waals surface area contributed by atoms with Gasteiger partial charge in [0, 0.05) is 24.2 Å². The molecule has 3 aromatic rings. The monoisotopic (exact) mass is 374 g/mol. The average Bonchev–Trinajstić information content (AvgIpc) is 3.43. The molecule has 6 heteroatoms. The third-order valence-corrected chi connectivity index (χ3v) is 5.56. The molecule has 1 saturated heterocycles. The molecule has 0 radical (unpaired) electrons. The fraction of sp³-hybridized carbons (Fsp3) is 0.273. The van der Waals surface area contributed by atoms with Crippen LogP contribution in [0.1, 0.15) is 12.8 Å². The predicted octanol–water partition coefficient (Wildman–Crippen LogP) is 4.22. The second kappa shape index (κ2) is 6.71. The molecule has 28 heavy (non-hydrogen) atoms. The van der Waals surface area contributed by atoms with E-state index in [1.165, 1.54) is 0 Å². The summed E-state index contributed by atoms with van der Waals surface area (Å²) in [6.45, 7) is 2.13. The molecule has 142 valence electrons. The van der Waals surface area contributed by atoms with Gasteiger partial charge in [0.25, 0.3) is 0 Å². The molecule has 2 aromatic carbocycles. The summed E-state index contributed by atoms with van der Waals surface area (Å²) < 4.78 is 7.39. The predicted molar refractivity (Wildman–Crippen MR) is 108 cm³/mol. The summed E-state index contributed by atoms with van der Waals surface area (Å²) in [5.74, 6) is 1.66. The number of imidazole rings is 1. The Labute approximate surface area is 164 Å². The lowest BCUT2D eigenvalue weighted by Crippen LogP contribution is -2.44. The Morgan fingerprint density at radius 2 is 1.79 bits per heavy atom. The summed E-state index contributed by atoms with van der Waals surface area (Å²) in [5.41, 5.74) is 4.02. The van der Waals surface area contributed by atoms with Gasteiger partial charge in [-0.2, -0.15) is 0 Å². The molecule has 1 fully saturated rings. The van der Waals surface area contributed by atoms with Crippen molar-refractivity contribution in [3.05, 3.63) is 54.7 Å². The number of anilines is 1. The normalized spacial score (nSPS) is 15.3. The van der Waals surface area contributed by atoms with Crippen LogP contribution < -0.4 is 9.64 Å². The lowest BCUT2D eigenvalue weighted by Gasteiger charge is -2.34. The van der Waals surface area contributed by atoms with Crippen LogP contribution in [0.5, 0.6) is 5.75 Å². The van der Waals surface area contributed by atoms with Crippen molar-refractivity contribution in [3.63, 3.8) is 0 Å².